The summed E-state index contributed by atoms with van der Waals surface area (Å²) in [5.74, 6) is 0.0232. The van der Waals surface area contributed by atoms with Crippen molar-refractivity contribution >= 4 is 23.8 Å². The van der Waals surface area contributed by atoms with E-state index in [4.69, 9.17) is 0 Å². The highest BCUT2D eigenvalue weighted by Gasteiger charge is 2.07. The lowest BCUT2D eigenvalue weighted by molar-refractivity contribution is 0.103. The van der Waals surface area contributed by atoms with E-state index in [0.29, 0.717) is 11.1 Å². The second-order valence-electron chi connectivity index (χ2n) is 5.29. The van der Waals surface area contributed by atoms with Crippen LogP contribution in [-0.2, 0) is 0 Å². The molecule has 0 aliphatic carbocycles. The minimum Gasteiger partial charge on any atom is -0.289 e. The van der Waals surface area contributed by atoms with Crippen molar-refractivity contribution in [3.63, 3.8) is 0 Å². The fraction of sp³-hybridized carbons (Fsp3) is 0. The molecular weight excluding hydrogens is 294 g/mol. The Kier molecular flexibility index (Phi) is 5.10. The van der Waals surface area contributed by atoms with Gasteiger partial charge in [-0.15, -0.1) is 0 Å². The number of rotatable bonds is 5. The van der Waals surface area contributed by atoms with Gasteiger partial charge in [-0.2, -0.15) is 0 Å². The predicted octanol–water partition coefficient (Wildman–Crippen LogP) is 5.33. The van der Waals surface area contributed by atoms with E-state index in [1.54, 1.807) is 6.21 Å². The van der Waals surface area contributed by atoms with Gasteiger partial charge in [0, 0.05) is 17.3 Å². The Balaban J connectivity index is 1.65. The van der Waals surface area contributed by atoms with Gasteiger partial charge in [0.1, 0.15) is 0 Å². The van der Waals surface area contributed by atoms with E-state index in [2.05, 4.69) is 4.99 Å². The monoisotopic (exact) mass is 311 g/mol. The molecule has 0 saturated carbocycles. The number of hydrogen-bond donors (Lipinski definition) is 0. The van der Waals surface area contributed by atoms with Gasteiger partial charge in [-0.25, -0.2) is 0 Å². The summed E-state index contributed by atoms with van der Waals surface area (Å²) in [7, 11) is 0. The van der Waals surface area contributed by atoms with Crippen LogP contribution in [0.4, 0.5) is 5.69 Å². The molecule has 0 saturated heterocycles. The van der Waals surface area contributed by atoms with E-state index >= 15 is 0 Å². The van der Waals surface area contributed by atoms with Crippen molar-refractivity contribution in [1.82, 2.24) is 0 Å². The maximum atomic E-state index is 12.3. The zero-order chi connectivity index (χ0) is 16.6. The molecule has 0 aliphatic rings. The zero-order valence-electron chi connectivity index (χ0n) is 13.2. The Morgan fingerprint density at radius 3 is 1.96 bits per heavy atom. The van der Waals surface area contributed by atoms with Crippen LogP contribution in [-0.4, -0.2) is 12.0 Å². The Labute approximate surface area is 141 Å². The normalized spacial score (nSPS) is 11.2. The van der Waals surface area contributed by atoms with E-state index in [0.717, 1.165) is 11.3 Å². The van der Waals surface area contributed by atoms with Crippen LogP contribution in [0.2, 0.25) is 0 Å². The van der Waals surface area contributed by atoms with Crippen LogP contribution in [0.3, 0.4) is 0 Å². The van der Waals surface area contributed by atoms with E-state index in [1.165, 1.54) is 0 Å². The second kappa shape index (κ2) is 7.84. The lowest BCUT2D eigenvalue weighted by atomic mass is 10.0. The Morgan fingerprint density at radius 2 is 1.29 bits per heavy atom. The first-order chi connectivity index (χ1) is 11.8. The molecule has 0 fully saturated rings. The van der Waals surface area contributed by atoms with Gasteiger partial charge in [-0.05, 0) is 35.9 Å². The summed E-state index contributed by atoms with van der Waals surface area (Å²) in [5.41, 5.74) is 3.31. The Morgan fingerprint density at radius 1 is 0.708 bits per heavy atom. The van der Waals surface area contributed by atoms with Crippen molar-refractivity contribution in [2.45, 2.75) is 0 Å². The van der Waals surface area contributed by atoms with E-state index in [-0.39, 0.29) is 5.78 Å². The molecule has 116 valence electrons. The lowest BCUT2D eigenvalue weighted by Crippen LogP contribution is -1.99. The summed E-state index contributed by atoms with van der Waals surface area (Å²) >= 11 is 0. The number of benzene rings is 3. The molecule has 3 aromatic carbocycles. The maximum Gasteiger partial charge on any atom is 0.193 e. The number of nitrogens with zero attached hydrogens (tertiary/aromatic N) is 1. The standard InChI is InChI=1S/C22H17NO/c24-22(19-11-5-2-6-12-19)20-13-15-21(16-14-20)23-17-7-10-18-8-3-1-4-9-18/h1-17H/b10-7+,23-17-. The van der Waals surface area contributed by atoms with E-state index < -0.39 is 0 Å². The Bertz CT molecular complexity index is 847. The van der Waals surface area contributed by atoms with Gasteiger partial charge >= 0.3 is 0 Å². The first kappa shape index (κ1) is 15.6. The fourth-order valence-electron chi connectivity index (χ4n) is 2.30. The summed E-state index contributed by atoms with van der Waals surface area (Å²) in [6.45, 7) is 0. The first-order valence-corrected chi connectivity index (χ1v) is 7.78. The summed E-state index contributed by atoms with van der Waals surface area (Å²) in [6.07, 6.45) is 5.65. The van der Waals surface area contributed by atoms with Gasteiger partial charge in [0.2, 0.25) is 0 Å². The molecule has 0 unspecified atom stereocenters. The molecule has 0 heterocycles. The molecule has 3 aromatic rings. The molecule has 0 atom stereocenters. The third-order valence-corrected chi connectivity index (χ3v) is 3.56. The summed E-state index contributed by atoms with van der Waals surface area (Å²) in [6, 6.07) is 26.7. The average molecular weight is 311 g/mol. The van der Waals surface area contributed by atoms with Crippen LogP contribution >= 0.6 is 0 Å². The van der Waals surface area contributed by atoms with Gasteiger partial charge < -0.3 is 0 Å². The fourth-order valence-corrected chi connectivity index (χ4v) is 2.30. The molecule has 0 bridgehead atoms. The molecule has 24 heavy (non-hydrogen) atoms. The van der Waals surface area contributed by atoms with Gasteiger partial charge in [-0.3, -0.25) is 9.79 Å². The number of hydrogen-bond acceptors (Lipinski definition) is 2. The van der Waals surface area contributed by atoms with Crippen LogP contribution in [0.1, 0.15) is 21.5 Å². The first-order valence-electron chi connectivity index (χ1n) is 7.78. The highest BCUT2D eigenvalue weighted by molar-refractivity contribution is 6.09. The van der Waals surface area contributed by atoms with Gasteiger partial charge in [-0.1, -0.05) is 66.7 Å². The number of aliphatic imine (C=N–C) groups is 1. The zero-order valence-corrected chi connectivity index (χ0v) is 13.2. The summed E-state index contributed by atoms with van der Waals surface area (Å²) in [4.78, 5) is 16.7. The summed E-state index contributed by atoms with van der Waals surface area (Å²) < 4.78 is 0. The van der Waals surface area contributed by atoms with Gasteiger partial charge in [0.25, 0.3) is 0 Å². The average Bonchev–Trinajstić information content (AvgIpc) is 2.67. The van der Waals surface area contributed by atoms with Crippen LogP contribution in [0.15, 0.2) is 96.0 Å². The number of allylic oxidation sites excluding steroid dienone is 1. The number of carbonyl (C=O) groups excluding carboxylic acids is 1. The lowest BCUT2D eigenvalue weighted by Gasteiger charge is -2.01. The quantitative estimate of drug-likeness (QED) is 0.462. The van der Waals surface area contributed by atoms with Crippen molar-refractivity contribution in [2.24, 2.45) is 4.99 Å². The second-order valence-corrected chi connectivity index (χ2v) is 5.29. The molecule has 0 amide bonds. The Hall–Kier alpha value is -3.26. The summed E-state index contributed by atoms with van der Waals surface area (Å²) in [5, 5.41) is 0. The van der Waals surface area contributed by atoms with Crippen molar-refractivity contribution in [2.75, 3.05) is 0 Å². The number of ketones is 1. The highest BCUT2D eigenvalue weighted by atomic mass is 16.1. The van der Waals surface area contributed by atoms with Crippen molar-refractivity contribution in [3.8, 4) is 0 Å². The molecule has 0 radical (unpaired) electrons. The van der Waals surface area contributed by atoms with Crippen molar-refractivity contribution in [1.29, 1.82) is 0 Å². The van der Waals surface area contributed by atoms with Gasteiger partial charge in [0.15, 0.2) is 5.78 Å². The van der Waals surface area contributed by atoms with Crippen molar-refractivity contribution < 1.29 is 4.79 Å². The molecule has 0 spiro atoms. The van der Waals surface area contributed by atoms with Gasteiger partial charge in [0.05, 0.1) is 5.69 Å². The van der Waals surface area contributed by atoms with E-state index in [9.17, 15) is 4.79 Å². The van der Waals surface area contributed by atoms with Crippen LogP contribution in [0.25, 0.3) is 6.08 Å². The topological polar surface area (TPSA) is 29.4 Å². The van der Waals surface area contributed by atoms with Crippen LogP contribution in [0, 0.1) is 0 Å². The minimum atomic E-state index is 0.0232. The molecule has 0 aromatic heterocycles. The highest BCUT2D eigenvalue weighted by Crippen LogP contribution is 2.15. The van der Waals surface area contributed by atoms with Crippen molar-refractivity contribution in [3.05, 3.63) is 108 Å². The van der Waals surface area contributed by atoms with Crippen LogP contribution in [0.5, 0.6) is 0 Å². The SMILES string of the molecule is O=C(c1ccccc1)c1ccc(/N=C\C=C\c2ccccc2)cc1. The largest absolute Gasteiger partial charge is 0.289 e. The minimum absolute atomic E-state index is 0.0232. The van der Waals surface area contributed by atoms with E-state index in [1.807, 2.05) is 97.1 Å². The number of carbonyl (C=O) groups is 1. The predicted molar refractivity (Wildman–Crippen MR) is 99.9 cm³/mol. The molecule has 2 heteroatoms. The molecule has 3 rings (SSSR count). The molecule has 2 nitrogen and oxygen atoms in total. The third-order valence-electron chi connectivity index (χ3n) is 3.56. The molecule has 0 aliphatic heterocycles. The smallest absolute Gasteiger partial charge is 0.193 e. The third kappa shape index (κ3) is 4.14. The molecule has 0 N–H and O–H groups in total. The molecular formula is C22H17NO. The maximum absolute atomic E-state index is 12.3. The van der Waals surface area contributed by atoms with Crippen LogP contribution < -0.4 is 0 Å².